The quantitative estimate of drug-likeness (QED) is 0.408. The molecule has 2 amide bonds. The first-order chi connectivity index (χ1) is 19.5. The molecule has 0 bridgehead atoms. The van der Waals surface area contributed by atoms with Crippen molar-refractivity contribution < 1.29 is 29.0 Å². The molecule has 8 heteroatoms. The zero-order chi connectivity index (χ0) is 28.1. The number of carbonyl (C=O) groups excluding carboxylic acids is 2. The molecule has 0 aromatic heterocycles. The normalized spacial score (nSPS) is 17.5. The van der Waals surface area contributed by atoms with Gasteiger partial charge in [-0.15, -0.1) is 0 Å². The summed E-state index contributed by atoms with van der Waals surface area (Å²) >= 11 is 0. The maximum absolute atomic E-state index is 14.1. The molecule has 208 valence electrons. The van der Waals surface area contributed by atoms with Crippen molar-refractivity contribution in [2.45, 2.75) is 57.3 Å². The van der Waals surface area contributed by atoms with E-state index in [0.717, 1.165) is 36.8 Å². The van der Waals surface area contributed by atoms with Crippen LogP contribution in [0.25, 0.3) is 0 Å². The molecule has 2 aliphatic rings. The molecule has 5 rings (SSSR count). The van der Waals surface area contributed by atoms with Gasteiger partial charge in [0.25, 0.3) is 5.91 Å². The van der Waals surface area contributed by atoms with Crippen LogP contribution in [0.5, 0.6) is 11.5 Å². The fraction of sp³-hybridized carbons (Fsp3) is 0.344. The smallest absolute Gasteiger partial charge is 0.326 e. The Hall–Kier alpha value is -4.33. The van der Waals surface area contributed by atoms with Crippen LogP contribution in [0.4, 0.5) is 0 Å². The van der Waals surface area contributed by atoms with Crippen LogP contribution in [-0.4, -0.2) is 40.9 Å². The molecular formula is C32H34N2O6. The van der Waals surface area contributed by atoms with Gasteiger partial charge in [-0.2, -0.15) is 0 Å². The molecule has 0 saturated heterocycles. The van der Waals surface area contributed by atoms with E-state index in [2.05, 4.69) is 5.32 Å². The summed E-state index contributed by atoms with van der Waals surface area (Å²) in [6.07, 6.45) is 3.62. The second-order valence-electron chi connectivity index (χ2n) is 10.4. The van der Waals surface area contributed by atoms with Crippen LogP contribution in [0.3, 0.4) is 0 Å². The standard InChI is InChI=1S/C32H34N2O6/c1-39-27-17-16-24-19-34(26(32(37)38)18-25(24)29(27)40-20-21-10-4-2-5-11-21)31(36)28(22-12-6-3-7-13-22)33-30(35)23-14-8-9-15-23/h2-7,10-13,16-17,23,26,28H,8-9,14-15,18-20H2,1H3,(H,33,35)(H,37,38)/t26-,28-/m0/s1. The Kier molecular flexibility index (Phi) is 8.34. The molecule has 1 heterocycles. The number of ether oxygens (including phenoxy) is 2. The SMILES string of the molecule is COc1ccc2c(c1OCc1ccccc1)C[C@@H](C(=O)O)N(C(=O)[C@@H](NC(=O)C1CCCC1)c1ccccc1)C2. The molecule has 3 aromatic rings. The van der Waals surface area contributed by atoms with Gasteiger partial charge >= 0.3 is 5.97 Å². The van der Waals surface area contributed by atoms with Gasteiger partial charge in [0, 0.05) is 24.4 Å². The van der Waals surface area contributed by atoms with Crippen LogP contribution in [0.2, 0.25) is 0 Å². The lowest BCUT2D eigenvalue weighted by Gasteiger charge is -2.37. The Morgan fingerprint density at radius 1 is 0.975 bits per heavy atom. The van der Waals surface area contributed by atoms with Crippen molar-refractivity contribution in [1.29, 1.82) is 0 Å². The number of nitrogens with zero attached hydrogens (tertiary/aromatic N) is 1. The highest BCUT2D eigenvalue weighted by Gasteiger charge is 2.40. The van der Waals surface area contributed by atoms with E-state index in [4.69, 9.17) is 9.47 Å². The van der Waals surface area contributed by atoms with E-state index in [1.54, 1.807) is 37.4 Å². The topological polar surface area (TPSA) is 105 Å². The predicted octanol–water partition coefficient (Wildman–Crippen LogP) is 4.66. The number of nitrogens with one attached hydrogen (secondary N) is 1. The van der Waals surface area contributed by atoms with Gasteiger partial charge in [-0.25, -0.2) is 4.79 Å². The third-order valence-electron chi connectivity index (χ3n) is 7.84. The van der Waals surface area contributed by atoms with E-state index >= 15 is 0 Å². The number of carboxylic acids is 1. The van der Waals surface area contributed by atoms with E-state index < -0.39 is 24.0 Å². The molecule has 1 aliphatic heterocycles. The lowest BCUT2D eigenvalue weighted by molar-refractivity contribution is -0.153. The molecule has 8 nitrogen and oxygen atoms in total. The fourth-order valence-electron chi connectivity index (χ4n) is 5.66. The van der Waals surface area contributed by atoms with E-state index in [0.29, 0.717) is 22.6 Å². The van der Waals surface area contributed by atoms with Gasteiger partial charge in [0.2, 0.25) is 5.91 Å². The minimum Gasteiger partial charge on any atom is -0.493 e. The Balaban J connectivity index is 1.46. The van der Waals surface area contributed by atoms with Crippen molar-refractivity contribution in [3.05, 3.63) is 95.1 Å². The molecular weight excluding hydrogens is 508 g/mol. The maximum Gasteiger partial charge on any atom is 0.326 e. The number of aliphatic carboxylic acids is 1. The van der Waals surface area contributed by atoms with Gasteiger partial charge < -0.3 is 24.8 Å². The summed E-state index contributed by atoms with van der Waals surface area (Å²) in [6.45, 7) is 0.358. The van der Waals surface area contributed by atoms with Crippen LogP contribution in [0, 0.1) is 5.92 Å². The van der Waals surface area contributed by atoms with Crippen LogP contribution in [-0.2, 0) is 34.0 Å². The zero-order valence-electron chi connectivity index (χ0n) is 22.5. The van der Waals surface area contributed by atoms with Gasteiger partial charge in [-0.05, 0) is 35.6 Å². The van der Waals surface area contributed by atoms with Gasteiger partial charge in [0.05, 0.1) is 7.11 Å². The molecule has 0 spiro atoms. The molecule has 1 saturated carbocycles. The number of benzene rings is 3. The second kappa shape index (κ2) is 12.2. The first-order valence-corrected chi connectivity index (χ1v) is 13.7. The summed E-state index contributed by atoms with van der Waals surface area (Å²) in [7, 11) is 1.54. The first-order valence-electron chi connectivity index (χ1n) is 13.7. The van der Waals surface area contributed by atoms with E-state index in [1.807, 2.05) is 42.5 Å². The number of rotatable bonds is 9. The third-order valence-corrected chi connectivity index (χ3v) is 7.84. The lowest BCUT2D eigenvalue weighted by atomic mass is 9.91. The van der Waals surface area contributed by atoms with Crippen molar-refractivity contribution in [1.82, 2.24) is 10.2 Å². The number of hydrogen-bond donors (Lipinski definition) is 2. The van der Waals surface area contributed by atoms with Crippen LogP contribution < -0.4 is 14.8 Å². The highest BCUT2D eigenvalue weighted by atomic mass is 16.5. The number of amides is 2. The third kappa shape index (κ3) is 5.81. The van der Waals surface area contributed by atoms with Crippen molar-refractivity contribution >= 4 is 17.8 Å². The first kappa shape index (κ1) is 27.2. The number of fused-ring (bicyclic) bond motifs is 1. The highest BCUT2D eigenvalue weighted by molar-refractivity contribution is 5.92. The largest absolute Gasteiger partial charge is 0.493 e. The maximum atomic E-state index is 14.1. The molecule has 1 aliphatic carbocycles. The van der Waals surface area contributed by atoms with Gasteiger partial charge in [0.15, 0.2) is 11.5 Å². The molecule has 2 N–H and O–H groups in total. The van der Waals surface area contributed by atoms with Gasteiger partial charge in [0.1, 0.15) is 18.7 Å². The second-order valence-corrected chi connectivity index (χ2v) is 10.4. The van der Waals surface area contributed by atoms with Crippen molar-refractivity contribution in [2.75, 3.05) is 7.11 Å². The average molecular weight is 543 g/mol. The summed E-state index contributed by atoms with van der Waals surface area (Å²) in [4.78, 5) is 41.1. The Morgan fingerprint density at radius 2 is 1.65 bits per heavy atom. The summed E-state index contributed by atoms with van der Waals surface area (Å²) in [5.41, 5.74) is 3.07. The monoisotopic (exact) mass is 542 g/mol. The Labute approximate surface area is 233 Å². The molecule has 3 aromatic carbocycles. The van der Waals surface area contributed by atoms with Crippen LogP contribution in [0.15, 0.2) is 72.8 Å². The minimum absolute atomic E-state index is 0.0514. The van der Waals surface area contributed by atoms with Crippen LogP contribution >= 0.6 is 0 Å². The van der Waals surface area contributed by atoms with E-state index in [9.17, 15) is 19.5 Å². The molecule has 0 unspecified atom stereocenters. The summed E-state index contributed by atoms with van der Waals surface area (Å²) in [5.74, 6) is -0.873. The van der Waals surface area contributed by atoms with Crippen molar-refractivity contribution in [3.63, 3.8) is 0 Å². The Morgan fingerprint density at radius 3 is 2.30 bits per heavy atom. The van der Waals surface area contributed by atoms with Gasteiger partial charge in [-0.3, -0.25) is 9.59 Å². The number of carbonyl (C=O) groups is 3. The summed E-state index contributed by atoms with van der Waals surface area (Å²) in [5, 5.41) is 13.2. The fourth-order valence-corrected chi connectivity index (χ4v) is 5.66. The number of methoxy groups -OCH3 is 1. The zero-order valence-corrected chi connectivity index (χ0v) is 22.5. The highest BCUT2D eigenvalue weighted by Crippen LogP contribution is 2.39. The molecule has 2 atom stereocenters. The van der Waals surface area contributed by atoms with E-state index in [-0.39, 0.29) is 31.4 Å². The van der Waals surface area contributed by atoms with Crippen LogP contribution in [0.1, 0.15) is 54.0 Å². The number of hydrogen-bond acceptors (Lipinski definition) is 5. The summed E-state index contributed by atoms with van der Waals surface area (Å²) in [6, 6.07) is 20.2. The predicted molar refractivity (Wildman–Crippen MR) is 149 cm³/mol. The molecule has 0 radical (unpaired) electrons. The Bertz CT molecular complexity index is 1350. The molecule has 40 heavy (non-hydrogen) atoms. The van der Waals surface area contributed by atoms with E-state index in [1.165, 1.54) is 4.90 Å². The summed E-state index contributed by atoms with van der Waals surface area (Å²) < 4.78 is 11.7. The van der Waals surface area contributed by atoms with Crippen molar-refractivity contribution in [3.8, 4) is 11.5 Å². The molecule has 1 fully saturated rings. The minimum atomic E-state index is -1.14. The number of carboxylic acid groups (broad SMARTS) is 1. The average Bonchev–Trinajstić information content (AvgIpc) is 3.54. The lowest BCUT2D eigenvalue weighted by Crippen LogP contribution is -2.53. The van der Waals surface area contributed by atoms with Gasteiger partial charge in [-0.1, -0.05) is 79.6 Å². The van der Waals surface area contributed by atoms with Crippen molar-refractivity contribution in [2.24, 2.45) is 5.92 Å².